The van der Waals surface area contributed by atoms with Gasteiger partial charge < -0.3 is 0 Å². The van der Waals surface area contributed by atoms with Gasteiger partial charge in [-0.3, -0.25) is 0 Å². The predicted octanol–water partition coefficient (Wildman–Crippen LogP) is -2.11. The van der Waals surface area contributed by atoms with Crippen molar-refractivity contribution >= 4 is 32.1 Å². The largest absolute Gasteiger partial charge is 0 e. The summed E-state index contributed by atoms with van der Waals surface area (Å²) in [5.41, 5.74) is 0. The Morgan fingerprint density at radius 3 is 1.00 bits per heavy atom. The molecule has 0 amide bonds. The smallest absolute Gasteiger partial charge is 0 e. The Balaban J connectivity index is 0. The summed E-state index contributed by atoms with van der Waals surface area (Å²) in [5.74, 6) is 0. The average Bonchev–Trinajstić information content (AvgIpc) is 0. The molecule has 4 heavy (non-hydrogen) atoms. The van der Waals surface area contributed by atoms with E-state index in [4.69, 9.17) is 0 Å². The van der Waals surface area contributed by atoms with Crippen molar-refractivity contribution in [3.05, 3.63) is 0 Å². The molecule has 0 rings (SSSR count). The Hall–Kier alpha value is 2.17. The fourth-order valence-electron chi connectivity index (χ4n) is 0. The molecule has 4 heteroatoms. The molecule has 0 aliphatic rings. The second kappa shape index (κ2) is 19.1. The molecule has 0 fully saturated rings. The Morgan fingerprint density at radius 1 is 1.00 bits per heavy atom. The van der Waals surface area contributed by atoms with Crippen LogP contribution in [0, 0.1) is 0 Å². The van der Waals surface area contributed by atoms with Gasteiger partial charge in [-0.2, -0.15) is 0 Å². The normalized spacial score (nSPS) is 0. The molecule has 0 saturated carbocycles. The molecular formula is H5BTeWZn. The Bertz CT molecular complexity index is 8.00. The SMILES string of the molecule is B.[TeH2].[W].[Zn]. The van der Waals surface area contributed by atoms with E-state index in [9.17, 15) is 0 Å². The first-order valence-electron chi connectivity index (χ1n) is 0. The van der Waals surface area contributed by atoms with E-state index in [0.29, 0.717) is 0 Å². The molecule has 0 N–H and O–H groups in total. The molecular weight excluding hydrogens is 388 g/mol. The van der Waals surface area contributed by atoms with Gasteiger partial charge >= 0.3 is 23.7 Å². The summed E-state index contributed by atoms with van der Waals surface area (Å²) >= 11 is 0. The fourth-order valence-corrected chi connectivity index (χ4v) is 0. The number of hydrogen-bond donors (Lipinski definition) is 0. The van der Waals surface area contributed by atoms with Crippen LogP contribution in [0.25, 0.3) is 0 Å². The fraction of sp³-hybridized carbons (Fsp3) is 0. The second-order valence-electron chi connectivity index (χ2n) is 0. The maximum atomic E-state index is 0. The quantitative estimate of drug-likeness (QED) is 0.414. The van der Waals surface area contributed by atoms with Crippen molar-refractivity contribution in [2.45, 2.75) is 0 Å². The standard InChI is InChI=1S/BH3.H2Te.W.Zn/h1H3;1H2;;. The van der Waals surface area contributed by atoms with Gasteiger partial charge in [-0.05, 0) is 0 Å². The van der Waals surface area contributed by atoms with Crippen LogP contribution < -0.4 is 0 Å². The van der Waals surface area contributed by atoms with E-state index < -0.39 is 0 Å². The molecule has 0 unspecified atom stereocenters. The van der Waals surface area contributed by atoms with Crippen molar-refractivity contribution in [3.63, 3.8) is 0 Å². The Morgan fingerprint density at radius 2 is 1.00 bits per heavy atom. The molecule has 0 saturated heterocycles. The molecule has 0 nitrogen and oxygen atoms in total. The molecule has 0 aromatic rings. The maximum absolute atomic E-state index is 0. The zero-order valence-electron chi connectivity index (χ0n) is 1.62. The molecule has 0 radical (unpaired) electrons. The van der Waals surface area contributed by atoms with Crippen LogP contribution in [0.2, 0.25) is 0 Å². The summed E-state index contributed by atoms with van der Waals surface area (Å²) < 4.78 is 0. The van der Waals surface area contributed by atoms with Gasteiger partial charge in [-0.15, -0.1) is 0 Å². The first-order chi connectivity index (χ1) is 0. The van der Waals surface area contributed by atoms with Crippen LogP contribution in [-0.2, 0) is 40.5 Å². The van der Waals surface area contributed by atoms with Crippen LogP contribution in [0.3, 0.4) is 0 Å². The molecule has 0 aliphatic carbocycles. The van der Waals surface area contributed by atoms with Crippen molar-refractivity contribution in [2.24, 2.45) is 0 Å². The monoisotopic (exact) mass is 394 g/mol. The van der Waals surface area contributed by atoms with Crippen molar-refractivity contribution in [2.75, 3.05) is 0 Å². The van der Waals surface area contributed by atoms with Gasteiger partial charge in [0.05, 0.1) is 8.41 Å². The topological polar surface area (TPSA) is 0 Å². The van der Waals surface area contributed by atoms with Gasteiger partial charge in [0, 0.05) is 40.5 Å². The van der Waals surface area contributed by atoms with Crippen LogP contribution in [0.15, 0.2) is 0 Å². The molecule has 0 bridgehead atoms. The third kappa shape index (κ3) is 8.90. The molecule has 0 aromatic heterocycles. The third-order valence-corrected chi connectivity index (χ3v) is 0. The van der Waals surface area contributed by atoms with E-state index in [1.54, 1.807) is 0 Å². The van der Waals surface area contributed by atoms with E-state index in [1.807, 2.05) is 0 Å². The Kier molecular flexibility index (Phi) is 168. The van der Waals surface area contributed by atoms with Crippen molar-refractivity contribution < 1.29 is 40.5 Å². The molecule has 0 spiro atoms. The summed E-state index contributed by atoms with van der Waals surface area (Å²) in [6, 6.07) is 0. The number of hydrogen-bond acceptors (Lipinski definition) is 0. The molecule has 22 valence electrons. The van der Waals surface area contributed by atoms with E-state index in [0.717, 1.165) is 0 Å². The van der Waals surface area contributed by atoms with E-state index in [1.165, 1.54) is 0 Å². The van der Waals surface area contributed by atoms with Gasteiger partial charge in [0.25, 0.3) is 0 Å². The minimum atomic E-state index is 0. The first kappa shape index (κ1) is 35.1. The first-order valence-corrected chi connectivity index (χ1v) is 0. The van der Waals surface area contributed by atoms with Crippen LogP contribution in [0.1, 0.15) is 0 Å². The van der Waals surface area contributed by atoms with Crippen molar-refractivity contribution in [1.82, 2.24) is 0 Å². The van der Waals surface area contributed by atoms with Crippen LogP contribution in [0.5, 0.6) is 0 Å². The number of rotatable bonds is 0. The van der Waals surface area contributed by atoms with Gasteiger partial charge in [0.1, 0.15) is 0 Å². The predicted molar refractivity (Wildman–Crippen MR) is 18.5 cm³/mol. The van der Waals surface area contributed by atoms with E-state index in [2.05, 4.69) is 0 Å². The zero-order chi connectivity index (χ0) is 0. The van der Waals surface area contributed by atoms with E-state index >= 15 is 0 Å². The second-order valence-corrected chi connectivity index (χ2v) is 0. The van der Waals surface area contributed by atoms with Gasteiger partial charge in [0.15, 0.2) is 0 Å². The van der Waals surface area contributed by atoms with E-state index in [-0.39, 0.29) is 72.6 Å². The van der Waals surface area contributed by atoms with Gasteiger partial charge in [0.2, 0.25) is 0 Å². The van der Waals surface area contributed by atoms with Crippen LogP contribution >= 0.6 is 0 Å². The zero-order valence-corrected chi connectivity index (χ0v) is 10.4. The molecule has 0 atom stereocenters. The van der Waals surface area contributed by atoms with Crippen molar-refractivity contribution in [1.29, 1.82) is 0 Å². The molecule has 0 aliphatic heterocycles. The maximum Gasteiger partial charge on any atom is 0 e. The molecule has 0 heterocycles. The van der Waals surface area contributed by atoms with Gasteiger partial charge in [-0.1, -0.05) is 0 Å². The Labute approximate surface area is 71.8 Å². The minimum absolute atomic E-state index is 0. The summed E-state index contributed by atoms with van der Waals surface area (Å²) in [6.07, 6.45) is 0. The van der Waals surface area contributed by atoms with Crippen molar-refractivity contribution in [3.8, 4) is 0 Å². The van der Waals surface area contributed by atoms with Crippen LogP contribution in [0.4, 0.5) is 0 Å². The molecule has 0 aromatic carbocycles. The summed E-state index contributed by atoms with van der Waals surface area (Å²) in [6.45, 7) is 0. The minimum Gasteiger partial charge on any atom is 0 e. The summed E-state index contributed by atoms with van der Waals surface area (Å²) in [7, 11) is 0. The van der Waals surface area contributed by atoms with Gasteiger partial charge in [-0.25, -0.2) is 0 Å². The summed E-state index contributed by atoms with van der Waals surface area (Å²) in [4.78, 5) is 0. The van der Waals surface area contributed by atoms with Crippen LogP contribution in [-0.4, -0.2) is 32.1 Å². The summed E-state index contributed by atoms with van der Waals surface area (Å²) in [5, 5.41) is 0. The average molecular weight is 393 g/mol. The third-order valence-electron chi connectivity index (χ3n) is 0.